The molecule has 2 rings (SSSR count). The second-order valence-electron chi connectivity index (χ2n) is 3.12. The highest BCUT2D eigenvalue weighted by Crippen LogP contribution is 2.21. The van der Waals surface area contributed by atoms with Crippen LogP contribution in [0.1, 0.15) is 0 Å². The molecule has 0 spiro atoms. The van der Waals surface area contributed by atoms with Crippen LogP contribution in [0, 0.1) is 5.82 Å². The summed E-state index contributed by atoms with van der Waals surface area (Å²) in [5, 5.41) is 0.561. The first-order valence-corrected chi connectivity index (χ1v) is 5.84. The molecular formula is C9H8FNO2S. The number of rotatable bonds is 1. The minimum absolute atomic E-state index is 0.00194. The van der Waals surface area contributed by atoms with E-state index in [2.05, 4.69) is 4.98 Å². The first-order chi connectivity index (χ1) is 6.48. The van der Waals surface area contributed by atoms with Crippen LogP contribution >= 0.6 is 0 Å². The summed E-state index contributed by atoms with van der Waals surface area (Å²) < 4.78 is 35.7. The number of hydrogen-bond acceptors (Lipinski definition) is 2. The highest BCUT2D eigenvalue weighted by molar-refractivity contribution is 7.90. The molecule has 0 amide bonds. The van der Waals surface area contributed by atoms with Crippen molar-refractivity contribution in [2.75, 3.05) is 6.26 Å². The second kappa shape index (κ2) is 2.81. The van der Waals surface area contributed by atoms with Crippen molar-refractivity contribution in [2.45, 2.75) is 4.90 Å². The molecule has 1 aromatic carbocycles. The monoisotopic (exact) mass is 213 g/mol. The van der Waals surface area contributed by atoms with E-state index in [0.29, 0.717) is 10.9 Å². The number of benzene rings is 1. The fourth-order valence-electron chi connectivity index (χ4n) is 1.31. The van der Waals surface area contributed by atoms with Gasteiger partial charge in [-0.05, 0) is 18.2 Å². The van der Waals surface area contributed by atoms with Gasteiger partial charge in [0.25, 0.3) is 0 Å². The predicted molar refractivity (Wildman–Crippen MR) is 51.4 cm³/mol. The zero-order valence-electron chi connectivity index (χ0n) is 7.41. The number of hydrogen-bond donors (Lipinski definition) is 1. The molecule has 1 aromatic heterocycles. The molecule has 74 valence electrons. The van der Waals surface area contributed by atoms with E-state index in [1.807, 2.05) is 0 Å². The van der Waals surface area contributed by atoms with E-state index in [0.717, 1.165) is 12.3 Å². The summed E-state index contributed by atoms with van der Waals surface area (Å²) in [5.41, 5.74) is 0.331. The fraction of sp³-hybridized carbons (Fsp3) is 0.111. The van der Waals surface area contributed by atoms with Crippen molar-refractivity contribution in [3.63, 3.8) is 0 Å². The van der Waals surface area contributed by atoms with Gasteiger partial charge in [0.2, 0.25) is 0 Å². The van der Waals surface area contributed by atoms with Crippen LogP contribution in [-0.2, 0) is 9.84 Å². The Morgan fingerprint density at radius 3 is 2.71 bits per heavy atom. The van der Waals surface area contributed by atoms with Gasteiger partial charge in [-0.2, -0.15) is 0 Å². The average Bonchev–Trinajstić information content (AvgIpc) is 2.50. The molecule has 0 aliphatic heterocycles. The zero-order valence-corrected chi connectivity index (χ0v) is 8.23. The minimum atomic E-state index is -3.35. The van der Waals surface area contributed by atoms with Crippen LogP contribution in [0.4, 0.5) is 4.39 Å². The van der Waals surface area contributed by atoms with Crippen molar-refractivity contribution < 1.29 is 12.8 Å². The van der Waals surface area contributed by atoms with Crippen molar-refractivity contribution in [3.8, 4) is 0 Å². The molecule has 0 aliphatic carbocycles. The SMILES string of the molecule is CS(=O)(=O)c1cc(F)c2[nH]ccc2c1. The molecule has 0 atom stereocenters. The predicted octanol–water partition coefficient (Wildman–Crippen LogP) is 1.71. The Morgan fingerprint density at radius 2 is 2.07 bits per heavy atom. The van der Waals surface area contributed by atoms with Gasteiger partial charge in [0, 0.05) is 17.8 Å². The van der Waals surface area contributed by atoms with E-state index in [1.54, 1.807) is 12.3 Å². The van der Waals surface area contributed by atoms with Crippen LogP contribution in [0.25, 0.3) is 10.9 Å². The summed E-state index contributed by atoms with van der Waals surface area (Å²) in [6, 6.07) is 4.10. The molecule has 0 aliphatic rings. The van der Waals surface area contributed by atoms with Gasteiger partial charge in [0.1, 0.15) is 5.82 Å². The minimum Gasteiger partial charge on any atom is -0.359 e. The lowest BCUT2D eigenvalue weighted by Crippen LogP contribution is -1.97. The van der Waals surface area contributed by atoms with Crippen LogP contribution < -0.4 is 0 Å². The maximum absolute atomic E-state index is 13.3. The summed E-state index contributed by atoms with van der Waals surface area (Å²) in [7, 11) is -3.35. The number of aromatic nitrogens is 1. The quantitative estimate of drug-likeness (QED) is 0.784. The Hall–Kier alpha value is -1.36. The van der Waals surface area contributed by atoms with E-state index in [-0.39, 0.29) is 4.90 Å². The van der Waals surface area contributed by atoms with E-state index in [4.69, 9.17) is 0 Å². The van der Waals surface area contributed by atoms with Crippen molar-refractivity contribution in [2.24, 2.45) is 0 Å². The van der Waals surface area contributed by atoms with Crippen LogP contribution in [0.2, 0.25) is 0 Å². The Balaban J connectivity index is 2.83. The number of sulfone groups is 1. The van der Waals surface area contributed by atoms with Gasteiger partial charge >= 0.3 is 0 Å². The summed E-state index contributed by atoms with van der Waals surface area (Å²) in [4.78, 5) is 2.70. The molecule has 5 heteroatoms. The number of halogens is 1. The van der Waals surface area contributed by atoms with Crippen molar-refractivity contribution in [1.29, 1.82) is 0 Å². The highest BCUT2D eigenvalue weighted by atomic mass is 32.2. The Bertz CT molecular complexity index is 586. The van der Waals surface area contributed by atoms with Crippen molar-refractivity contribution in [3.05, 3.63) is 30.2 Å². The normalized spacial score (nSPS) is 12.1. The Labute approximate surface area is 80.5 Å². The number of nitrogens with one attached hydrogen (secondary N) is 1. The van der Waals surface area contributed by atoms with Crippen LogP contribution in [-0.4, -0.2) is 19.7 Å². The topological polar surface area (TPSA) is 49.9 Å². The molecule has 0 saturated carbocycles. The van der Waals surface area contributed by atoms with E-state index in [9.17, 15) is 12.8 Å². The van der Waals surface area contributed by atoms with Crippen molar-refractivity contribution in [1.82, 2.24) is 4.98 Å². The van der Waals surface area contributed by atoms with E-state index < -0.39 is 15.7 Å². The first kappa shape index (κ1) is 9.21. The van der Waals surface area contributed by atoms with Crippen molar-refractivity contribution >= 4 is 20.7 Å². The van der Waals surface area contributed by atoms with Gasteiger partial charge in [0.15, 0.2) is 9.84 Å². The van der Waals surface area contributed by atoms with Crippen LogP contribution in [0.15, 0.2) is 29.3 Å². The maximum Gasteiger partial charge on any atom is 0.175 e. The maximum atomic E-state index is 13.3. The molecule has 0 bridgehead atoms. The van der Waals surface area contributed by atoms with Gasteiger partial charge in [-0.25, -0.2) is 12.8 Å². The molecule has 0 unspecified atom stereocenters. The third kappa shape index (κ3) is 1.39. The van der Waals surface area contributed by atoms with Gasteiger partial charge < -0.3 is 4.98 Å². The molecule has 14 heavy (non-hydrogen) atoms. The molecule has 0 fully saturated rings. The molecule has 3 nitrogen and oxygen atoms in total. The largest absolute Gasteiger partial charge is 0.359 e. The summed E-state index contributed by atoms with van der Waals surface area (Å²) in [6.07, 6.45) is 2.63. The smallest absolute Gasteiger partial charge is 0.175 e. The number of fused-ring (bicyclic) bond motifs is 1. The zero-order chi connectivity index (χ0) is 10.3. The average molecular weight is 213 g/mol. The lowest BCUT2D eigenvalue weighted by atomic mass is 10.2. The standard InChI is InChI=1S/C9H8FNO2S/c1-14(12,13)7-4-6-2-3-11-9(6)8(10)5-7/h2-5,11H,1H3. The lowest BCUT2D eigenvalue weighted by Gasteiger charge is -1.99. The molecule has 1 heterocycles. The number of H-pyrrole nitrogens is 1. The second-order valence-corrected chi connectivity index (χ2v) is 5.13. The lowest BCUT2D eigenvalue weighted by molar-refractivity contribution is 0.598. The molecule has 0 radical (unpaired) electrons. The van der Waals surface area contributed by atoms with E-state index in [1.165, 1.54) is 6.07 Å². The molecule has 2 aromatic rings. The first-order valence-electron chi connectivity index (χ1n) is 3.95. The molecule has 1 N–H and O–H groups in total. The van der Waals surface area contributed by atoms with Crippen LogP contribution in [0.3, 0.4) is 0 Å². The van der Waals surface area contributed by atoms with Gasteiger partial charge in [-0.1, -0.05) is 0 Å². The summed E-state index contributed by atoms with van der Waals surface area (Å²) in [6.45, 7) is 0. The summed E-state index contributed by atoms with van der Waals surface area (Å²) in [5.74, 6) is -0.548. The molecular weight excluding hydrogens is 205 g/mol. The van der Waals surface area contributed by atoms with Gasteiger partial charge in [-0.15, -0.1) is 0 Å². The highest BCUT2D eigenvalue weighted by Gasteiger charge is 2.11. The fourth-order valence-corrected chi connectivity index (χ4v) is 1.97. The van der Waals surface area contributed by atoms with Crippen LogP contribution in [0.5, 0.6) is 0 Å². The number of aromatic amines is 1. The Kier molecular flexibility index (Phi) is 1.85. The third-order valence-corrected chi connectivity index (χ3v) is 3.10. The Morgan fingerprint density at radius 1 is 1.36 bits per heavy atom. The van der Waals surface area contributed by atoms with Gasteiger partial charge in [0.05, 0.1) is 10.4 Å². The van der Waals surface area contributed by atoms with Gasteiger partial charge in [-0.3, -0.25) is 0 Å². The summed E-state index contributed by atoms with van der Waals surface area (Å²) >= 11 is 0. The van der Waals surface area contributed by atoms with E-state index >= 15 is 0 Å². The third-order valence-electron chi connectivity index (χ3n) is 2.01. The molecule has 0 saturated heterocycles.